The van der Waals surface area contributed by atoms with Gasteiger partial charge in [-0.05, 0) is 36.2 Å². The van der Waals surface area contributed by atoms with Gasteiger partial charge in [0.1, 0.15) is 5.75 Å². The van der Waals surface area contributed by atoms with Gasteiger partial charge in [0, 0.05) is 24.5 Å². The lowest BCUT2D eigenvalue weighted by atomic mass is 9.99. The summed E-state index contributed by atoms with van der Waals surface area (Å²) in [4.78, 5) is 22.0. The number of benzene rings is 1. The van der Waals surface area contributed by atoms with Crippen LogP contribution in [0.1, 0.15) is 15.9 Å². The summed E-state index contributed by atoms with van der Waals surface area (Å²) < 4.78 is 0. The number of anilines is 1. The van der Waals surface area contributed by atoms with Crippen LogP contribution in [-0.2, 0) is 6.42 Å². The molecule has 1 N–H and O–H groups in total. The second kappa shape index (κ2) is 4.10. The second-order valence-corrected chi connectivity index (χ2v) is 4.10. The summed E-state index contributed by atoms with van der Waals surface area (Å²) in [5, 5.41) is 9.41. The highest BCUT2D eigenvalue weighted by molar-refractivity contribution is 6.07. The number of carbonyl (C=O) groups is 1. The Bertz CT molecular complexity index is 598. The smallest absolute Gasteiger partial charge is 0.260 e. The Balaban J connectivity index is 2.00. The molecule has 3 rings (SSSR count). The van der Waals surface area contributed by atoms with Gasteiger partial charge in [-0.15, -0.1) is 0 Å². The molecule has 2 heterocycles. The predicted molar refractivity (Wildman–Crippen MR) is 65.5 cm³/mol. The van der Waals surface area contributed by atoms with Crippen LogP contribution in [0.15, 0.2) is 36.7 Å². The molecule has 0 bridgehead atoms. The van der Waals surface area contributed by atoms with Crippen molar-refractivity contribution in [1.29, 1.82) is 0 Å². The van der Waals surface area contributed by atoms with Crippen molar-refractivity contribution in [3.05, 3.63) is 47.8 Å². The van der Waals surface area contributed by atoms with E-state index >= 15 is 0 Å². The first-order valence-corrected chi connectivity index (χ1v) is 5.66. The largest absolute Gasteiger partial charge is 0.508 e. The average Bonchev–Trinajstić information content (AvgIpc) is 2.40. The average molecular weight is 241 g/mol. The maximum Gasteiger partial charge on any atom is 0.260 e. The molecule has 0 aliphatic carbocycles. The van der Waals surface area contributed by atoms with E-state index in [-0.39, 0.29) is 11.7 Å². The third-order valence-corrected chi connectivity index (χ3v) is 2.96. The third kappa shape index (κ3) is 1.69. The zero-order valence-electron chi connectivity index (χ0n) is 9.58. The van der Waals surface area contributed by atoms with Crippen LogP contribution >= 0.6 is 0 Å². The number of nitrogens with zero attached hydrogens (tertiary/aromatic N) is 3. The predicted octanol–water partition coefficient (Wildman–Crippen LogP) is 1.39. The molecule has 0 saturated heterocycles. The highest BCUT2D eigenvalue weighted by atomic mass is 16.3. The molecular weight excluding hydrogens is 230 g/mol. The van der Waals surface area contributed by atoms with Crippen LogP contribution in [0, 0.1) is 0 Å². The van der Waals surface area contributed by atoms with Gasteiger partial charge in [-0.25, -0.2) is 9.97 Å². The number of aromatic nitrogens is 2. The first-order valence-electron chi connectivity index (χ1n) is 5.66. The lowest BCUT2D eigenvalue weighted by molar-refractivity contribution is 0.0979. The Morgan fingerprint density at radius 3 is 2.78 bits per heavy atom. The zero-order chi connectivity index (χ0) is 12.5. The van der Waals surface area contributed by atoms with E-state index in [0.29, 0.717) is 24.5 Å². The fourth-order valence-electron chi connectivity index (χ4n) is 2.10. The molecule has 0 atom stereocenters. The number of fused-ring (bicyclic) bond motifs is 1. The molecular formula is C13H11N3O2. The molecule has 1 aliphatic rings. The van der Waals surface area contributed by atoms with Crippen LogP contribution in [0.25, 0.3) is 0 Å². The van der Waals surface area contributed by atoms with Crippen molar-refractivity contribution >= 4 is 11.9 Å². The number of rotatable bonds is 1. The van der Waals surface area contributed by atoms with E-state index < -0.39 is 0 Å². The zero-order valence-corrected chi connectivity index (χ0v) is 9.58. The maximum atomic E-state index is 12.3. The molecule has 1 aromatic carbocycles. The summed E-state index contributed by atoms with van der Waals surface area (Å²) in [6.07, 6.45) is 3.91. The number of amides is 1. The number of hydrogen-bond acceptors (Lipinski definition) is 4. The van der Waals surface area contributed by atoms with Gasteiger partial charge in [0.2, 0.25) is 5.95 Å². The Hall–Kier alpha value is -2.43. The van der Waals surface area contributed by atoms with Crippen LogP contribution in [0.4, 0.5) is 5.95 Å². The molecule has 2 aromatic rings. The van der Waals surface area contributed by atoms with Gasteiger partial charge in [0.25, 0.3) is 5.91 Å². The number of hydrogen-bond donors (Lipinski definition) is 1. The normalized spacial score (nSPS) is 14.4. The van der Waals surface area contributed by atoms with Gasteiger partial charge >= 0.3 is 0 Å². The van der Waals surface area contributed by atoms with Crippen molar-refractivity contribution in [2.75, 3.05) is 11.4 Å². The van der Waals surface area contributed by atoms with Crippen molar-refractivity contribution in [2.24, 2.45) is 0 Å². The monoisotopic (exact) mass is 241 g/mol. The molecule has 1 amide bonds. The van der Waals surface area contributed by atoms with Gasteiger partial charge in [-0.2, -0.15) is 0 Å². The minimum absolute atomic E-state index is 0.123. The minimum Gasteiger partial charge on any atom is -0.508 e. The SMILES string of the molecule is O=C1c2ccc(O)cc2CCN1c1ncccn1. The Kier molecular flexibility index (Phi) is 2.44. The van der Waals surface area contributed by atoms with Crippen LogP contribution in [-0.4, -0.2) is 27.5 Å². The number of carbonyl (C=O) groups excluding carboxylic acids is 1. The van der Waals surface area contributed by atoms with Crippen molar-refractivity contribution < 1.29 is 9.90 Å². The molecule has 0 unspecified atom stereocenters. The van der Waals surface area contributed by atoms with E-state index in [1.165, 1.54) is 6.07 Å². The molecule has 1 aliphatic heterocycles. The summed E-state index contributed by atoms with van der Waals surface area (Å²) in [7, 11) is 0. The standard InChI is InChI=1S/C13H11N3O2/c17-10-2-3-11-9(8-10)4-7-16(12(11)18)13-14-5-1-6-15-13/h1-3,5-6,8,17H,4,7H2. The summed E-state index contributed by atoms with van der Waals surface area (Å²) >= 11 is 0. The van der Waals surface area contributed by atoms with Crippen molar-refractivity contribution in [3.8, 4) is 5.75 Å². The summed E-state index contributed by atoms with van der Waals surface area (Å²) in [5.41, 5.74) is 1.47. The van der Waals surface area contributed by atoms with Gasteiger partial charge in [0.15, 0.2) is 0 Å². The minimum atomic E-state index is -0.123. The Morgan fingerprint density at radius 1 is 1.22 bits per heavy atom. The summed E-state index contributed by atoms with van der Waals surface area (Å²) in [5.74, 6) is 0.481. The molecule has 5 heteroatoms. The molecule has 5 nitrogen and oxygen atoms in total. The van der Waals surface area contributed by atoms with E-state index in [2.05, 4.69) is 9.97 Å². The van der Waals surface area contributed by atoms with Gasteiger partial charge in [-0.1, -0.05) is 0 Å². The van der Waals surface area contributed by atoms with Crippen LogP contribution in [0.3, 0.4) is 0 Å². The van der Waals surface area contributed by atoms with Crippen molar-refractivity contribution in [2.45, 2.75) is 6.42 Å². The molecule has 0 spiro atoms. The topological polar surface area (TPSA) is 66.3 Å². The lowest BCUT2D eigenvalue weighted by Crippen LogP contribution is -2.38. The Labute approximate surface area is 104 Å². The first kappa shape index (κ1) is 10.7. The maximum absolute atomic E-state index is 12.3. The van der Waals surface area contributed by atoms with Crippen LogP contribution in [0.2, 0.25) is 0 Å². The quantitative estimate of drug-likeness (QED) is 0.819. The Morgan fingerprint density at radius 2 is 2.00 bits per heavy atom. The summed E-state index contributed by atoms with van der Waals surface area (Å²) in [6.45, 7) is 0.527. The van der Waals surface area contributed by atoms with Crippen LogP contribution < -0.4 is 4.90 Å². The lowest BCUT2D eigenvalue weighted by Gasteiger charge is -2.26. The highest BCUT2D eigenvalue weighted by Crippen LogP contribution is 2.24. The molecule has 0 fully saturated rings. The highest BCUT2D eigenvalue weighted by Gasteiger charge is 2.26. The third-order valence-electron chi connectivity index (χ3n) is 2.96. The van der Waals surface area contributed by atoms with E-state index in [0.717, 1.165) is 5.56 Å². The van der Waals surface area contributed by atoms with E-state index in [9.17, 15) is 9.90 Å². The molecule has 0 radical (unpaired) electrons. The van der Waals surface area contributed by atoms with Crippen LogP contribution in [0.5, 0.6) is 5.75 Å². The van der Waals surface area contributed by atoms with E-state index in [4.69, 9.17) is 0 Å². The number of aromatic hydroxyl groups is 1. The van der Waals surface area contributed by atoms with Gasteiger partial charge in [-0.3, -0.25) is 9.69 Å². The first-order chi connectivity index (χ1) is 8.75. The summed E-state index contributed by atoms with van der Waals surface area (Å²) in [6, 6.07) is 6.51. The van der Waals surface area contributed by atoms with E-state index in [1.54, 1.807) is 35.5 Å². The van der Waals surface area contributed by atoms with Gasteiger partial charge < -0.3 is 5.11 Å². The number of phenols is 1. The van der Waals surface area contributed by atoms with Gasteiger partial charge in [0.05, 0.1) is 0 Å². The molecule has 0 saturated carbocycles. The second-order valence-electron chi connectivity index (χ2n) is 4.10. The fourth-order valence-corrected chi connectivity index (χ4v) is 2.10. The fraction of sp³-hybridized carbons (Fsp3) is 0.154. The van der Waals surface area contributed by atoms with E-state index in [1.807, 2.05) is 0 Å². The molecule has 18 heavy (non-hydrogen) atoms. The number of phenolic OH excluding ortho intramolecular Hbond substituents is 1. The molecule has 1 aromatic heterocycles. The molecule has 90 valence electrons. The van der Waals surface area contributed by atoms with Crippen molar-refractivity contribution in [3.63, 3.8) is 0 Å². The van der Waals surface area contributed by atoms with Crippen molar-refractivity contribution in [1.82, 2.24) is 9.97 Å².